The maximum absolute atomic E-state index is 5.89. The van der Waals surface area contributed by atoms with Crippen molar-refractivity contribution in [1.82, 2.24) is 9.78 Å². The van der Waals surface area contributed by atoms with Gasteiger partial charge in [-0.1, -0.05) is 18.2 Å². The first kappa shape index (κ1) is 9.76. The van der Waals surface area contributed by atoms with Crippen LogP contribution in [0.15, 0.2) is 34.7 Å². The van der Waals surface area contributed by atoms with Crippen LogP contribution in [-0.2, 0) is 13.5 Å². The third-order valence-corrected chi connectivity index (χ3v) is 3.47. The van der Waals surface area contributed by atoms with Gasteiger partial charge in [-0.25, -0.2) is 0 Å². The molecule has 0 saturated carbocycles. The fourth-order valence-corrected chi connectivity index (χ4v) is 2.63. The first-order valence-electron chi connectivity index (χ1n) is 6.11. The van der Waals surface area contributed by atoms with Crippen LogP contribution in [0, 0.1) is 0 Å². The molecule has 0 atom stereocenters. The van der Waals surface area contributed by atoms with Crippen LogP contribution in [0.25, 0.3) is 22.4 Å². The van der Waals surface area contributed by atoms with Crippen LogP contribution < -0.4 is 5.32 Å². The van der Waals surface area contributed by atoms with Crippen molar-refractivity contribution in [3.63, 3.8) is 0 Å². The summed E-state index contributed by atoms with van der Waals surface area (Å²) in [6.45, 7) is 0.980. The number of benzene rings is 1. The van der Waals surface area contributed by atoms with Gasteiger partial charge in [-0.05, 0) is 18.6 Å². The van der Waals surface area contributed by atoms with E-state index < -0.39 is 0 Å². The second-order valence-corrected chi connectivity index (χ2v) is 4.62. The highest BCUT2D eigenvalue weighted by Crippen LogP contribution is 2.34. The molecular formula is C14H13N3O. The van der Waals surface area contributed by atoms with Gasteiger partial charge in [-0.2, -0.15) is 5.10 Å². The molecule has 0 aliphatic carbocycles. The van der Waals surface area contributed by atoms with E-state index in [2.05, 4.69) is 22.5 Å². The van der Waals surface area contributed by atoms with Crippen LogP contribution in [0.2, 0.25) is 0 Å². The third kappa shape index (κ3) is 1.23. The van der Waals surface area contributed by atoms with E-state index in [1.54, 1.807) is 0 Å². The number of anilines is 1. The monoisotopic (exact) mass is 239 g/mol. The molecule has 3 aromatic rings. The summed E-state index contributed by atoms with van der Waals surface area (Å²) in [6, 6.07) is 10.1. The minimum Gasteiger partial charge on any atom is -0.454 e. The predicted molar refractivity (Wildman–Crippen MR) is 70.6 cm³/mol. The lowest BCUT2D eigenvalue weighted by molar-refractivity contribution is 0.624. The topological polar surface area (TPSA) is 43.0 Å². The van der Waals surface area contributed by atoms with E-state index in [0.717, 1.165) is 41.2 Å². The molecule has 4 rings (SSSR count). The normalized spacial score (nSPS) is 13.8. The highest BCUT2D eigenvalue weighted by Gasteiger charge is 2.23. The molecule has 0 unspecified atom stereocenters. The lowest BCUT2D eigenvalue weighted by atomic mass is 10.1. The largest absolute Gasteiger partial charge is 0.454 e. The number of nitrogens with one attached hydrogen (secondary N) is 1. The summed E-state index contributed by atoms with van der Waals surface area (Å²) in [5, 5.41) is 9.03. The number of hydrogen-bond donors (Lipinski definition) is 1. The van der Waals surface area contributed by atoms with Gasteiger partial charge in [0.15, 0.2) is 5.76 Å². The van der Waals surface area contributed by atoms with Crippen molar-refractivity contribution >= 4 is 16.8 Å². The summed E-state index contributed by atoms with van der Waals surface area (Å²) < 4.78 is 7.78. The van der Waals surface area contributed by atoms with Crippen LogP contribution in [0.4, 0.5) is 5.82 Å². The Balaban J connectivity index is 1.95. The zero-order valence-corrected chi connectivity index (χ0v) is 10.1. The summed E-state index contributed by atoms with van der Waals surface area (Å²) in [5.74, 6) is 1.97. The Hall–Kier alpha value is -2.23. The van der Waals surface area contributed by atoms with Gasteiger partial charge in [0.05, 0.1) is 0 Å². The molecule has 90 valence electrons. The number of rotatable bonds is 1. The second kappa shape index (κ2) is 3.38. The molecule has 0 amide bonds. The molecule has 0 saturated heterocycles. The standard InChI is InChI=1S/C14H13N3O/c1-17-14-10(6-7-15-14)13(16-17)12-8-9-4-2-3-5-11(9)18-12/h2-5,8,15H,6-7H2,1H3. The maximum Gasteiger partial charge on any atom is 0.156 e. The van der Waals surface area contributed by atoms with Gasteiger partial charge in [0, 0.05) is 24.5 Å². The van der Waals surface area contributed by atoms with E-state index in [-0.39, 0.29) is 0 Å². The van der Waals surface area contributed by atoms with Crippen molar-refractivity contribution < 1.29 is 4.42 Å². The number of aromatic nitrogens is 2. The average molecular weight is 239 g/mol. The lowest BCUT2D eigenvalue weighted by Crippen LogP contribution is -2.01. The number of hydrogen-bond acceptors (Lipinski definition) is 3. The number of fused-ring (bicyclic) bond motifs is 2. The molecule has 0 fully saturated rings. The van der Waals surface area contributed by atoms with Crippen LogP contribution >= 0.6 is 0 Å². The lowest BCUT2D eigenvalue weighted by Gasteiger charge is -1.96. The van der Waals surface area contributed by atoms with Crippen molar-refractivity contribution in [2.24, 2.45) is 7.05 Å². The average Bonchev–Trinajstić information content (AvgIpc) is 3.05. The van der Waals surface area contributed by atoms with Crippen LogP contribution in [0.3, 0.4) is 0 Å². The van der Waals surface area contributed by atoms with E-state index in [1.807, 2.05) is 29.9 Å². The molecule has 1 aromatic carbocycles. The Bertz CT molecular complexity index is 706. The smallest absolute Gasteiger partial charge is 0.156 e. The molecule has 0 spiro atoms. The Morgan fingerprint density at radius 1 is 1.33 bits per heavy atom. The van der Waals surface area contributed by atoms with E-state index >= 15 is 0 Å². The molecule has 2 aromatic heterocycles. The molecule has 4 nitrogen and oxygen atoms in total. The van der Waals surface area contributed by atoms with E-state index in [1.165, 1.54) is 5.56 Å². The Labute approximate surface area is 104 Å². The van der Waals surface area contributed by atoms with Gasteiger partial charge in [0.1, 0.15) is 17.1 Å². The molecule has 1 aliphatic rings. The van der Waals surface area contributed by atoms with Gasteiger partial charge in [0.2, 0.25) is 0 Å². The van der Waals surface area contributed by atoms with Crippen LogP contribution in [0.1, 0.15) is 5.56 Å². The zero-order valence-electron chi connectivity index (χ0n) is 10.1. The van der Waals surface area contributed by atoms with Crippen molar-refractivity contribution in [2.75, 3.05) is 11.9 Å². The molecule has 1 aliphatic heterocycles. The minimum atomic E-state index is 0.858. The first-order chi connectivity index (χ1) is 8.83. The fourth-order valence-electron chi connectivity index (χ4n) is 2.63. The minimum absolute atomic E-state index is 0.858. The van der Waals surface area contributed by atoms with Crippen molar-refractivity contribution in [3.05, 3.63) is 35.9 Å². The first-order valence-corrected chi connectivity index (χ1v) is 6.11. The third-order valence-electron chi connectivity index (χ3n) is 3.47. The fraction of sp³-hybridized carbons (Fsp3) is 0.214. The number of nitrogens with zero attached hydrogens (tertiary/aromatic N) is 2. The molecule has 1 N–H and O–H groups in total. The Morgan fingerprint density at radius 3 is 3.11 bits per heavy atom. The van der Waals surface area contributed by atoms with Crippen molar-refractivity contribution in [2.45, 2.75) is 6.42 Å². The number of aryl methyl sites for hydroxylation is 1. The summed E-state index contributed by atoms with van der Waals surface area (Å²) >= 11 is 0. The molecule has 0 radical (unpaired) electrons. The van der Waals surface area contributed by atoms with Gasteiger partial charge in [-0.15, -0.1) is 0 Å². The Morgan fingerprint density at radius 2 is 2.22 bits per heavy atom. The van der Waals surface area contributed by atoms with Crippen molar-refractivity contribution in [1.29, 1.82) is 0 Å². The van der Waals surface area contributed by atoms with E-state index in [4.69, 9.17) is 4.42 Å². The summed E-state index contributed by atoms with van der Waals surface area (Å²) in [4.78, 5) is 0. The van der Waals surface area contributed by atoms with Gasteiger partial charge in [-0.3, -0.25) is 4.68 Å². The summed E-state index contributed by atoms with van der Waals surface area (Å²) in [7, 11) is 1.96. The second-order valence-electron chi connectivity index (χ2n) is 4.62. The van der Waals surface area contributed by atoms with Crippen molar-refractivity contribution in [3.8, 4) is 11.5 Å². The van der Waals surface area contributed by atoms with Gasteiger partial charge < -0.3 is 9.73 Å². The molecule has 3 heterocycles. The molecular weight excluding hydrogens is 226 g/mol. The SMILES string of the molecule is Cn1nc(-c2cc3ccccc3o2)c2c1NCC2. The molecule has 4 heteroatoms. The number of furan rings is 1. The zero-order chi connectivity index (χ0) is 12.1. The highest BCUT2D eigenvalue weighted by atomic mass is 16.3. The maximum atomic E-state index is 5.89. The Kier molecular flexibility index (Phi) is 1.84. The quantitative estimate of drug-likeness (QED) is 0.710. The highest BCUT2D eigenvalue weighted by molar-refractivity contribution is 5.83. The predicted octanol–water partition coefficient (Wildman–Crippen LogP) is 2.80. The summed E-state index contributed by atoms with van der Waals surface area (Å²) in [5.41, 5.74) is 3.14. The van der Waals surface area contributed by atoms with E-state index in [0.29, 0.717) is 0 Å². The molecule has 18 heavy (non-hydrogen) atoms. The van der Waals surface area contributed by atoms with Crippen LogP contribution in [0.5, 0.6) is 0 Å². The summed E-state index contributed by atoms with van der Waals surface area (Å²) in [6.07, 6.45) is 1.01. The van der Waals surface area contributed by atoms with Gasteiger partial charge in [0.25, 0.3) is 0 Å². The number of para-hydroxylation sites is 1. The van der Waals surface area contributed by atoms with Crippen LogP contribution in [-0.4, -0.2) is 16.3 Å². The van der Waals surface area contributed by atoms with E-state index in [9.17, 15) is 0 Å². The van der Waals surface area contributed by atoms with Gasteiger partial charge >= 0.3 is 0 Å². The molecule has 0 bridgehead atoms.